The lowest BCUT2D eigenvalue weighted by molar-refractivity contribution is -0.384. The molecule has 0 aliphatic heterocycles. The molecule has 0 aliphatic carbocycles. The van der Waals surface area contributed by atoms with Crippen molar-refractivity contribution in [3.63, 3.8) is 0 Å². The molecule has 10 heteroatoms. The molecular weight excluding hydrogens is 380 g/mol. The summed E-state index contributed by atoms with van der Waals surface area (Å²) >= 11 is 8.60. The van der Waals surface area contributed by atoms with E-state index in [4.69, 9.17) is 11.6 Å². The second-order valence-electron chi connectivity index (χ2n) is 3.99. The predicted octanol–water partition coefficient (Wildman–Crippen LogP) is 3.65. The van der Waals surface area contributed by atoms with E-state index in [0.717, 1.165) is 18.2 Å². The van der Waals surface area contributed by atoms with Crippen molar-refractivity contribution in [3.8, 4) is 0 Å². The lowest BCUT2D eigenvalue weighted by Crippen LogP contribution is -2.40. The monoisotopic (exact) mass is 388 g/mol. The van der Waals surface area contributed by atoms with E-state index in [1.807, 2.05) is 0 Å². The fourth-order valence-electron chi connectivity index (χ4n) is 1.56. The fourth-order valence-corrected chi connectivity index (χ4v) is 2.21. The lowest BCUT2D eigenvalue weighted by Gasteiger charge is -2.23. The van der Waals surface area contributed by atoms with E-state index in [0.29, 0.717) is 4.90 Å². The van der Waals surface area contributed by atoms with Gasteiger partial charge in [-0.2, -0.15) is 13.2 Å². The SMILES string of the molecule is O=C(c1cc(Cl)cc([N+](=O)[O-])c1)N(CCBr)CC(F)(F)F. The number of nitro groups is 1. The first-order valence-electron chi connectivity index (χ1n) is 5.51. The maximum Gasteiger partial charge on any atom is 0.406 e. The van der Waals surface area contributed by atoms with E-state index < -0.39 is 29.2 Å². The van der Waals surface area contributed by atoms with E-state index in [1.165, 1.54) is 0 Å². The molecule has 0 atom stereocenters. The molecule has 0 unspecified atom stereocenters. The number of rotatable bonds is 5. The van der Waals surface area contributed by atoms with Gasteiger partial charge < -0.3 is 4.90 Å². The van der Waals surface area contributed by atoms with Gasteiger partial charge in [-0.05, 0) is 6.07 Å². The van der Waals surface area contributed by atoms with Gasteiger partial charge in [-0.25, -0.2) is 0 Å². The van der Waals surface area contributed by atoms with Crippen LogP contribution in [0.15, 0.2) is 18.2 Å². The van der Waals surface area contributed by atoms with Crippen LogP contribution in [0.5, 0.6) is 0 Å². The molecule has 1 amide bonds. The number of halogens is 5. The van der Waals surface area contributed by atoms with Gasteiger partial charge in [-0.1, -0.05) is 27.5 Å². The molecule has 1 aromatic carbocycles. The largest absolute Gasteiger partial charge is 0.406 e. The van der Waals surface area contributed by atoms with Crippen molar-refractivity contribution in [2.45, 2.75) is 6.18 Å². The van der Waals surface area contributed by atoms with Crippen LogP contribution in [0.25, 0.3) is 0 Å². The molecule has 0 aliphatic rings. The first-order chi connectivity index (χ1) is 9.64. The minimum Gasteiger partial charge on any atom is -0.329 e. The summed E-state index contributed by atoms with van der Waals surface area (Å²) < 4.78 is 37.3. The average Bonchev–Trinajstić information content (AvgIpc) is 2.35. The number of amides is 1. The highest BCUT2D eigenvalue weighted by molar-refractivity contribution is 9.09. The predicted molar refractivity (Wildman–Crippen MR) is 73.9 cm³/mol. The Balaban J connectivity index is 3.11. The second kappa shape index (κ2) is 7.08. The summed E-state index contributed by atoms with van der Waals surface area (Å²) in [5.74, 6) is -0.975. The molecule has 0 aromatic heterocycles. The third kappa shape index (κ3) is 5.50. The van der Waals surface area contributed by atoms with E-state index >= 15 is 0 Å². The van der Waals surface area contributed by atoms with Crippen LogP contribution in [-0.4, -0.2) is 40.3 Å². The fraction of sp³-hybridized carbons (Fsp3) is 0.364. The molecule has 21 heavy (non-hydrogen) atoms. The number of hydrogen-bond acceptors (Lipinski definition) is 3. The number of benzene rings is 1. The second-order valence-corrected chi connectivity index (χ2v) is 5.22. The first kappa shape index (κ1) is 17.7. The third-order valence-electron chi connectivity index (χ3n) is 2.35. The van der Waals surface area contributed by atoms with Gasteiger partial charge in [0.15, 0.2) is 0 Å². The maximum atomic E-state index is 12.4. The minimum absolute atomic E-state index is 0.0987. The summed E-state index contributed by atoms with van der Waals surface area (Å²) in [4.78, 5) is 22.5. The van der Waals surface area contributed by atoms with Gasteiger partial charge in [-0.3, -0.25) is 14.9 Å². The summed E-state index contributed by atoms with van der Waals surface area (Å²) in [6.45, 7) is -1.64. The van der Waals surface area contributed by atoms with Crippen molar-refractivity contribution in [1.82, 2.24) is 4.90 Å². The van der Waals surface area contributed by atoms with E-state index in [2.05, 4.69) is 15.9 Å². The van der Waals surface area contributed by atoms with Crippen LogP contribution in [-0.2, 0) is 0 Å². The molecule has 1 rings (SSSR count). The highest BCUT2D eigenvalue weighted by Crippen LogP contribution is 2.23. The van der Waals surface area contributed by atoms with Crippen molar-refractivity contribution in [3.05, 3.63) is 38.9 Å². The summed E-state index contributed by atoms with van der Waals surface area (Å²) in [5.41, 5.74) is -0.726. The highest BCUT2D eigenvalue weighted by atomic mass is 79.9. The molecule has 5 nitrogen and oxygen atoms in total. The van der Waals surface area contributed by atoms with Crippen molar-refractivity contribution in [1.29, 1.82) is 0 Å². The molecular formula is C11H9BrClF3N2O3. The van der Waals surface area contributed by atoms with E-state index in [1.54, 1.807) is 0 Å². The zero-order chi connectivity index (χ0) is 16.2. The van der Waals surface area contributed by atoms with Crippen molar-refractivity contribution in [2.24, 2.45) is 0 Å². The summed E-state index contributed by atoms with van der Waals surface area (Å²) in [6.07, 6.45) is -4.57. The van der Waals surface area contributed by atoms with Gasteiger partial charge in [0.2, 0.25) is 0 Å². The molecule has 1 aromatic rings. The summed E-state index contributed by atoms with van der Waals surface area (Å²) in [6, 6.07) is 3.00. The van der Waals surface area contributed by atoms with Gasteiger partial charge in [-0.15, -0.1) is 0 Å². The zero-order valence-electron chi connectivity index (χ0n) is 10.4. The Hall–Kier alpha value is -1.35. The number of nitro benzene ring substituents is 1. The normalized spacial score (nSPS) is 11.3. The Morgan fingerprint density at radius 3 is 2.48 bits per heavy atom. The van der Waals surface area contributed by atoms with Gasteiger partial charge in [0, 0.05) is 34.6 Å². The van der Waals surface area contributed by atoms with Crippen LogP contribution in [0.1, 0.15) is 10.4 Å². The zero-order valence-corrected chi connectivity index (χ0v) is 12.7. The van der Waals surface area contributed by atoms with Gasteiger partial charge in [0.05, 0.1) is 4.92 Å². The molecule has 0 spiro atoms. The Morgan fingerprint density at radius 2 is 2.00 bits per heavy atom. The van der Waals surface area contributed by atoms with Gasteiger partial charge in [0.1, 0.15) is 6.54 Å². The Labute approximate surface area is 130 Å². The number of hydrogen-bond donors (Lipinski definition) is 0. The topological polar surface area (TPSA) is 63.4 Å². The maximum absolute atomic E-state index is 12.4. The molecule has 0 bridgehead atoms. The van der Waals surface area contributed by atoms with Gasteiger partial charge in [0.25, 0.3) is 11.6 Å². The van der Waals surface area contributed by atoms with Crippen molar-refractivity contribution in [2.75, 3.05) is 18.4 Å². The van der Waals surface area contributed by atoms with Crippen molar-refractivity contribution < 1.29 is 22.9 Å². The number of carbonyl (C=O) groups excluding carboxylic acids is 1. The highest BCUT2D eigenvalue weighted by Gasteiger charge is 2.33. The van der Waals surface area contributed by atoms with E-state index in [9.17, 15) is 28.1 Å². The van der Waals surface area contributed by atoms with Crippen LogP contribution in [0.2, 0.25) is 5.02 Å². The molecule has 0 fully saturated rings. The number of nitrogens with zero attached hydrogens (tertiary/aromatic N) is 2. The Bertz CT molecular complexity index is 554. The van der Waals surface area contributed by atoms with Crippen LogP contribution >= 0.6 is 27.5 Å². The van der Waals surface area contributed by atoms with Crippen LogP contribution in [0, 0.1) is 10.1 Å². The number of alkyl halides is 4. The first-order valence-corrected chi connectivity index (χ1v) is 7.01. The Kier molecular flexibility index (Phi) is 5.97. The lowest BCUT2D eigenvalue weighted by atomic mass is 10.1. The molecule has 0 radical (unpaired) electrons. The molecule has 0 saturated carbocycles. The molecule has 0 heterocycles. The quantitative estimate of drug-likeness (QED) is 0.439. The summed E-state index contributed by atoms with van der Waals surface area (Å²) in [5, 5.41) is 10.7. The van der Waals surface area contributed by atoms with Gasteiger partial charge >= 0.3 is 6.18 Å². The standard InChI is InChI=1S/C11H9BrClF3N2O3/c12-1-2-17(6-11(14,15)16)10(19)7-3-8(13)5-9(4-7)18(20)21/h3-5H,1-2,6H2. The molecule has 0 N–H and O–H groups in total. The van der Waals surface area contributed by atoms with Crippen LogP contribution < -0.4 is 0 Å². The van der Waals surface area contributed by atoms with Crippen molar-refractivity contribution >= 4 is 39.1 Å². The Morgan fingerprint density at radius 1 is 1.38 bits per heavy atom. The smallest absolute Gasteiger partial charge is 0.329 e. The summed E-state index contributed by atoms with van der Waals surface area (Å²) in [7, 11) is 0. The minimum atomic E-state index is -4.57. The molecule has 0 saturated heterocycles. The average molecular weight is 390 g/mol. The van der Waals surface area contributed by atoms with Crippen LogP contribution in [0.3, 0.4) is 0 Å². The molecule has 116 valence electrons. The third-order valence-corrected chi connectivity index (χ3v) is 2.92. The number of carbonyl (C=O) groups is 1. The van der Waals surface area contributed by atoms with Crippen LogP contribution in [0.4, 0.5) is 18.9 Å². The van der Waals surface area contributed by atoms with E-state index in [-0.39, 0.29) is 22.5 Å². The number of non-ortho nitro benzene ring substituents is 1.